The topological polar surface area (TPSA) is 57.9 Å². The summed E-state index contributed by atoms with van der Waals surface area (Å²) in [5.41, 5.74) is 2.75. The molecule has 1 aromatic heterocycles. The van der Waals surface area contributed by atoms with E-state index in [1.54, 1.807) is 18.4 Å². The molecule has 0 aliphatic carbocycles. The first-order valence-corrected chi connectivity index (χ1v) is 7.27. The van der Waals surface area contributed by atoms with Gasteiger partial charge in [0.25, 0.3) is 0 Å². The molecule has 0 aliphatic heterocycles. The molecule has 0 aliphatic rings. The van der Waals surface area contributed by atoms with E-state index in [4.69, 9.17) is 10.00 Å². The molecule has 2 aromatic carbocycles. The highest BCUT2D eigenvalue weighted by Gasteiger charge is 2.05. The van der Waals surface area contributed by atoms with Gasteiger partial charge in [0, 0.05) is 6.54 Å². The highest BCUT2D eigenvalue weighted by molar-refractivity contribution is 7.22. The normalized spacial score (nSPS) is 10.3. The summed E-state index contributed by atoms with van der Waals surface area (Å²) in [6.45, 7) is 0.683. The molecule has 21 heavy (non-hydrogen) atoms. The first kappa shape index (κ1) is 13.4. The van der Waals surface area contributed by atoms with Crippen LogP contribution in [0.1, 0.15) is 11.1 Å². The van der Waals surface area contributed by atoms with Crippen LogP contribution in [-0.2, 0) is 6.54 Å². The Morgan fingerprint density at radius 1 is 1.24 bits per heavy atom. The van der Waals surface area contributed by atoms with Gasteiger partial charge in [0.05, 0.1) is 29.0 Å². The molecular weight excluding hydrogens is 282 g/mol. The highest BCUT2D eigenvalue weighted by atomic mass is 32.1. The second kappa shape index (κ2) is 5.81. The molecule has 0 saturated carbocycles. The summed E-state index contributed by atoms with van der Waals surface area (Å²) >= 11 is 1.60. The first-order chi connectivity index (χ1) is 10.3. The van der Waals surface area contributed by atoms with Gasteiger partial charge in [-0.1, -0.05) is 23.5 Å². The van der Waals surface area contributed by atoms with Crippen molar-refractivity contribution in [2.24, 2.45) is 0 Å². The number of methoxy groups -OCH3 is 1. The van der Waals surface area contributed by atoms with Crippen LogP contribution in [0.15, 0.2) is 42.5 Å². The van der Waals surface area contributed by atoms with Crippen molar-refractivity contribution in [2.45, 2.75) is 6.54 Å². The van der Waals surface area contributed by atoms with Gasteiger partial charge in [-0.2, -0.15) is 5.26 Å². The molecule has 1 N–H and O–H groups in total. The van der Waals surface area contributed by atoms with Crippen LogP contribution in [0.4, 0.5) is 5.13 Å². The number of thiazole rings is 1. The Labute approximate surface area is 126 Å². The molecule has 0 radical (unpaired) electrons. The Morgan fingerprint density at radius 2 is 2.05 bits per heavy atom. The van der Waals surface area contributed by atoms with Crippen LogP contribution in [-0.4, -0.2) is 12.1 Å². The lowest BCUT2D eigenvalue weighted by Crippen LogP contribution is -1.98. The quantitative estimate of drug-likeness (QED) is 0.795. The van der Waals surface area contributed by atoms with E-state index in [0.29, 0.717) is 12.1 Å². The molecule has 0 amide bonds. The zero-order chi connectivity index (χ0) is 14.7. The monoisotopic (exact) mass is 295 g/mol. The van der Waals surface area contributed by atoms with E-state index in [0.717, 1.165) is 26.7 Å². The maximum atomic E-state index is 8.78. The summed E-state index contributed by atoms with van der Waals surface area (Å²) in [4.78, 5) is 4.54. The van der Waals surface area contributed by atoms with Crippen molar-refractivity contribution in [2.75, 3.05) is 12.4 Å². The van der Waals surface area contributed by atoms with Crippen molar-refractivity contribution < 1.29 is 4.74 Å². The van der Waals surface area contributed by atoms with Crippen molar-refractivity contribution in [3.8, 4) is 11.8 Å². The van der Waals surface area contributed by atoms with Crippen molar-refractivity contribution in [1.82, 2.24) is 4.98 Å². The van der Waals surface area contributed by atoms with Gasteiger partial charge in [-0.25, -0.2) is 4.98 Å². The van der Waals surface area contributed by atoms with Crippen LogP contribution in [0, 0.1) is 11.3 Å². The maximum absolute atomic E-state index is 8.78. The van der Waals surface area contributed by atoms with Crippen LogP contribution >= 0.6 is 11.3 Å². The van der Waals surface area contributed by atoms with Gasteiger partial charge >= 0.3 is 0 Å². The second-order valence-electron chi connectivity index (χ2n) is 4.51. The zero-order valence-corrected chi connectivity index (χ0v) is 12.3. The zero-order valence-electron chi connectivity index (χ0n) is 11.5. The average Bonchev–Trinajstić information content (AvgIpc) is 2.95. The van der Waals surface area contributed by atoms with Gasteiger partial charge in [-0.15, -0.1) is 0 Å². The first-order valence-electron chi connectivity index (χ1n) is 6.46. The second-order valence-corrected chi connectivity index (χ2v) is 5.55. The lowest BCUT2D eigenvalue weighted by Gasteiger charge is -2.02. The van der Waals surface area contributed by atoms with Gasteiger partial charge in [0.1, 0.15) is 5.75 Å². The lowest BCUT2D eigenvalue weighted by atomic mass is 10.1. The number of nitrogens with one attached hydrogen (secondary N) is 1. The van der Waals surface area contributed by atoms with Crippen molar-refractivity contribution in [3.63, 3.8) is 0 Å². The van der Waals surface area contributed by atoms with E-state index in [1.807, 2.05) is 42.5 Å². The molecule has 104 valence electrons. The Balaban J connectivity index is 1.74. The Hall–Kier alpha value is -2.58. The van der Waals surface area contributed by atoms with Gasteiger partial charge < -0.3 is 10.1 Å². The largest absolute Gasteiger partial charge is 0.497 e. The van der Waals surface area contributed by atoms with Crippen LogP contribution in [0.3, 0.4) is 0 Å². The Kier molecular flexibility index (Phi) is 3.71. The summed E-state index contributed by atoms with van der Waals surface area (Å²) < 4.78 is 6.31. The third kappa shape index (κ3) is 2.96. The molecule has 1 heterocycles. The summed E-state index contributed by atoms with van der Waals surface area (Å²) in [5.74, 6) is 0.838. The Bertz CT molecular complexity index is 802. The van der Waals surface area contributed by atoms with Crippen molar-refractivity contribution in [1.29, 1.82) is 5.26 Å². The van der Waals surface area contributed by atoms with Crippen LogP contribution < -0.4 is 10.1 Å². The molecule has 0 fully saturated rings. The van der Waals surface area contributed by atoms with Gasteiger partial charge in [0.2, 0.25) is 0 Å². The summed E-state index contributed by atoms with van der Waals surface area (Å²) in [6, 6.07) is 15.5. The minimum Gasteiger partial charge on any atom is -0.497 e. The van der Waals surface area contributed by atoms with E-state index < -0.39 is 0 Å². The number of hydrogen-bond acceptors (Lipinski definition) is 5. The fourth-order valence-corrected chi connectivity index (χ4v) is 2.87. The third-order valence-corrected chi connectivity index (χ3v) is 4.10. The van der Waals surface area contributed by atoms with Gasteiger partial charge in [0.15, 0.2) is 5.13 Å². The number of benzene rings is 2. The van der Waals surface area contributed by atoms with Crippen molar-refractivity contribution >= 4 is 26.7 Å². The number of ether oxygens (including phenoxy) is 1. The number of hydrogen-bond donors (Lipinski definition) is 1. The number of rotatable bonds is 4. The fourth-order valence-electron chi connectivity index (χ4n) is 1.98. The number of fused-ring (bicyclic) bond motifs is 1. The minimum absolute atomic E-state index is 0.672. The molecular formula is C16H13N3OS. The summed E-state index contributed by atoms with van der Waals surface area (Å²) in [6.07, 6.45) is 0. The number of nitrogens with zero attached hydrogens (tertiary/aromatic N) is 2. The van der Waals surface area contributed by atoms with E-state index in [-0.39, 0.29) is 0 Å². The average molecular weight is 295 g/mol. The lowest BCUT2D eigenvalue weighted by molar-refractivity contribution is 0.415. The minimum atomic E-state index is 0.672. The SMILES string of the molecule is COc1ccc2nc(NCc3ccc(C#N)cc3)sc2c1. The van der Waals surface area contributed by atoms with Gasteiger partial charge in [-0.3, -0.25) is 0 Å². The van der Waals surface area contributed by atoms with E-state index in [2.05, 4.69) is 16.4 Å². The number of anilines is 1. The number of aromatic nitrogens is 1. The molecule has 0 unspecified atom stereocenters. The third-order valence-electron chi connectivity index (χ3n) is 3.12. The van der Waals surface area contributed by atoms with Crippen LogP contribution in [0.25, 0.3) is 10.2 Å². The molecule has 0 spiro atoms. The Morgan fingerprint density at radius 3 is 2.76 bits per heavy atom. The van der Waals surface area contributed by atoms with Crippen molar-refractivity contribution in [3.05, 3.63) is 53.6 Å². The molecule has 0 atom stereocenters. The smallest absolute Gasteiger partial charge is 0.184 e. The highest BCUT2D eigenvalue weighted by Crippen LogP contribution is 2.29. The standard InChI is InChI=1S/C16H13N3OS/c1-20-13-6-7-14-15(8-13)21-16(19-14)18-10-12-4-2-11(9-17)3-5-12/h2-8H,10H2,1H3,(H,18,19). The van der Waals surface area contributed by atoms with E-state index in [9.17, 15) is 0 Å². The fraction of sp³-hybridized carbons (Fsp3) is 0.125. The molecule has 3 aromatic rings. The summed E-state index contributed by atoms with van der Waals surface area (Å²) in [7, 11) is 1.66. The molecule has 0 bridgehead atoms. The maximum Gasteiger partial charge on any atom is 0.184 e. The van der Waals surface area contributed by atoms with E-state index >= 15 is 0 Å². The van der Waals surface area contributed by atoms with Crippen LogP contribution in [0.2, 0.25) is 0 Å². The molecule has 5 heteroatoms. The molecule has 4 nitrogen and oxygen atoms in total. The predicted molar refractivity (Wildman–Crippen MR) is 84.7 cm³/mol. The van der Waals surface area contributed by atoms with E-state index in [1.165, 1.54) is 0 Å². The molecule has 3 rings (SSSR count). The van der Waals surface area contributed by atoms with Crippen LogP contribution in [0.5, 0.6) is 5.75 Å². The molecule has 0 saturated heterocycles. The predicted octanol–water partition coefficient (Wildman–Crippen LogP) is 3.79. The summed E-state index contributed by atoms with van der Waals surface area (Å²) in [5, 5.41) is 13.0. The van der Waals surface area contributed by atoms with Gasteiger partial charge in [-0.05, 0) is 35.9 Å². The number of nitriles is 1.